The maximum atomic E-state index is 5.78. The van der Waals surface area contributed by atoms with Gasteiger partial charge in [-0.2, -0.15) is 0 Å². The molecule has 5 heteroatoms. The molecule has 0 aliphatic rings. The molecular weight excluding hydrogens is 286 g/mol. The van der Waals surface area contributed by atoms with E-state index in [9.17, 15) is 0 Å². The van der Waals surface area contributed by atoms with Crippen LogP contribution in [0.15, 0.2) is 15.9 Å². The van der Waals surface area contributed by atoms with Crippen LogP contribution in [0, 0.1) is 0 Å². The first-order valence-corrected chi connectivity index (χ1v) is 6.48. The Bertz CT molecular complexity index is 269. The SMILES string of the molecule is COCC(CCl)NCc1sccc1Br. The summed E-state index contributed by atoms with van der Waals surface area (Å²) in [4.78, 5) is 1.29. The van der Waals surface area contributed by atoms with E-state index in [2.05, 4.69) is 26.6 Å². The number of halogens is 2. The molecule has 1 aromatic rings. The minimum absolute atomic E-state index is 0.218. The van der Waals surface area contributed by atoms with Crippen LogP contribution in [-0.2, 0) is 11.3 Å². The Kier molecular flexibility index (Phi) is 6.05. The van der Waals surface area contributed by atoms with Gasteiger partial charge in [0.05, 0.1) is 6.61 Å². The standard InChI is InChI=1S/C9H13BrClNOS/c1-13-6-7(4-11)12-5-9-8(10)2-3-14-9/h2-3,7,12H,4-6H2,1H3. The summed E-state index contributed by atoms with van der Waals surface area (Å²) in [5.41, 5.74) is 0. The lowest BCUT2D eigenvalue weighted by Crippen LogP contribution is -2.34. The predicted molar refractivity (Wildman–Crippen MR) is 65.2 cm³/mol. The highest BCUT2D eigenvalue weighted by Gasteiger charge is 2.07. The van der Waals surface area contributed by atoms with Crippen molar-refractivity contribution in [2.45, 2.75) is 12.6 Å². The van der Waals surface area contributed by atoms with Gasteiger partial charge in [-0.15, -0.1) is 22.9 Å². The van der Waals surface area contributed by atoms with Crippen LogP contribution in [0.25, 0.3) is 0 Å². The van der Waals surface area contributed by atoms with Crippen LogP contribution in [0.4, 0.5) is 0 Å². The van der Waals surface area contributed by atoms with Crippen molar-refractivity contribution >= 4 is 38.9 Å². The average Bonchev–Trinajstić information content (AvgIpc) is 2.59. The highest BCUT2D eigenvalue weighted by atomic mass is 79.9. The molecular formula is C9H13BrClNOS. The number of nitrogens with one attached hydrogen (secondary N) is 1. The molecule has 1 rings (SSSR count). The highest BCUT2D eigenvalue weighted by Crippen LogP contribution is 2.22. The molecule has 0 saturated carbocycles. The van der Waals surface area contributed by atoms with Gasteiger partial charge >= 0.3 is 0 Å². The zero-order valence-corrected chi connectivity index (χ0v) is 11.1. The van der Waals surface area contributed by atoms with Crippen LogP contribution in [0.1, 0.15) is 4.88 Å². The van der Waals surface area contributed by atoms with Crippen LogP contribution in [0.5, 0.6) is 0 Å². The molecule has 0 fully saturated rings. The molecule has 0 amide bonds. The maximum absolute atomic E-state index is 5.78. The number of ether oxygens (including phenoxy) is 1. The van der Waals surface area contributed by atoms with Gasteiger partial charge in [-0.3, -0.25) is 0 Å². The van der Waals surface area contributed by atoms with Gasteiger partial charge in [0.1, 0.15) is 0 Å². The molecule has 1 atom stereocenters. The number of methoxy groups -OCH3 is 1. The largest absolute Gasteiger partial charge is 0.383 e. The lowest BCUT2D eigenvalue weighted by Gasteiger charge is -2.14. The minimum atomic E-state index is 0.218. The topological polar surface area (TPSA) is 21.3 Å². The van der Waals surface area contributed by atoms with Gasteiger partial charge in [0.15, 0.2) is 0 Å². The van der Waals surface area contributed by atoms with E-state index in [4.69, 9.17) is 16.3 Å². The van der Waals surface area contributed by atoms with Crippen LogP contribution in [-0.4, -0.2) is 25.6 Å². The second-order valence-corrected chi connectivity index (χ2v) is 5.04. The van der Waals surface area contributed by atoms with Crippen LogP contribution < -0.4 is 5.32 Å². The maximum Gasteiger partial charge on any atom is 0.0627 e. The van der Waals surface area contributed by atoms with Gasteiger partial charge in [0, 0.05) is 34.9 Å². The molecule has 0 aliphatic carbocycles. The van der Waals surface area contributed by atoms with Gasteiger partial charge in [-0.25, -0.2) is 0 Å². The molecule has 1 unspecified atom stereocenters. The zero-order chi connectivity index (χ0) is 10.4. The molecule has 1 heterocycles. The van der Waals surface area contributed by atoms with Gasteiger partial charge in [0.25, 0.3) is 0 Å². The van der Waals surface area contributed by atoms with Crippen molar-refractivity contribution in [1.82, 2.24) is 5.32 Å². The molecule has 0 radical (unpaired) electrons. The van der Waals surface area contributed by atoms with E-state index in [1.54, 1.807) is 18.4 Å². The third-order valence-electron chi connectivity index (χ3n) is 1.80. The summed E-state index contributed by atoms with van der Waals surface area (Å²) in [6.45, 7) is 1.48. The van der Waals surface area contributed by atoms with Crippen molar-refractivity contribution in [1.29, 1.82) is 0 Å². The van der Waals surface area contributed by atoms with Gasteiger partial charge < -0.3 is 10.1 Å². The van der Waals surface area contributed by atoms with Crippen molar-refractivity contribution in [3.05, 3.63) is 20.8 Å². The van der Waals surface area contributed by atoms with E-state index in [1.165, 1.54) is 4.88 Å². The number of alkyl halides is 1. The van der Waals surface area contributed by atoms with E-state index in [-0.39, 0.29) is 6.04 Å². The molecule has 1 N–H and O–H groups in total. The number of rotatable bonds is 6. The second-order valence-electron chi connectivity index (χ2n) is 2.88. The molecule has 0 aromatic carbocycles. The van der Waals surface area contributed by atoms with Gasteiger partial charge in [0.2, 0.25) is 0 Å². The Morgan fingerprint density at radius 3 is 3.00 bits per heavy atom. The molecule has 0 spiro atoms. The Morgan fingerprint density at radius 2 is 2.50 bits per heavy atom. The summed E-state index contributed by atoms with van der Waals surface area (Å²) < 4.78 is 6.19. The number of thiophene rings is 1. The normalized spacial score (nSPS) is 13.1. The monoisotopic (exact) mass is 297 g/mol. The molecule has 80 valence electrons. The number of hydrogen-bond acceptors (Lipinski definition) is 3. The molecule has 0 aliphatic heterocycles. The first kappa shape index (κ1) is 12.5. The van der Waals surface area contributed by atoms with Crippen LogP contribution in [0.3, 0.4) is 0 Å². The van der Waals surface area contributed by atoms with E-state index in [1.807, 2.05) is 6.07 Å². The molecule has 2 nitrogen and oxygen atoms in total. The first-order chi connectivity index (χ1) is 6.77. The van der Waals surface area contributed by atoms with E-state index >= 15 is 0 Å². The van der Waals surface area contributed by atoms with E-state index in [0.29, 0.717) is 12.5 Å². The minimum Gasteiger partial charge on any atom is -0.383 e. The smallest absolute Gasteiger partial charge is 0.0627 e. The highest BCUT2D eigenvalue weighted by molar-refractivity contribution is 9.10. The third-order valence-corrected chi connectivity index (χ3v) is 4.10. The summed E-state index contributed by atoms with van der Waals surface area (Å²) in [5.74, 6) is 0.566. The molecule has 0 bridgehead atoms. The van der Waals surface area contributed by atoms with Gasteiger partial charge in [-0.1, -0.05) is 0 Å². The van der Waals surface area contributed by atoms with Crippen LogP contribution in [0.2, 0.25) is 0 Å². The summed E-state index contributed by atoms with van der Waals surface area (Å²) in [5, 5.41) is 5.40. The summed E-state index contributed by atoms with van der Waals surface area (Å²) >= 11 is 11.0. The van der Waals surface area contributed by atoms with Crippen LogP contribution >= 0.6 is 38.9 Å². The summed E-state index contributed by atoms with van der Waals surface area (Å²) in [6, 6.07) is 2.27. The van der Waals surface area contributed by atoms with Crippen molar-refractivity contribution in [3.8, 4) is 0 Å². The lowest BCUT2D eigenvalue weighted by molar-refractivity contribution is 0.173. The fourth-order valence-corrected chi connectivity index (χ4v) is 2.69. The molecule has 14 heavy (non-hydrogen) atoms. The second kappa shape index (κ2) is 6.80. The lowest BCUT2D eigenvalue weighted by atomic mass is 10.3. The first-order valence-electron chi connectivity index (χ1n) is 4.28. The Morgan fingerprint density at radius 1 is 1.71 bits per heavy atom. The Hall–Kier alpha value is 0.390. The van der Waals surface area contributed by atoms with Crippen molar-refractivity contribution in [3.63, 3.8) is 0 Å². The van der Waals surface area contributed by atoms with Crippen molar-refractivity contribution in [2.75, 3.05) is 19.6 Å². The van der Waals surface area contributed by atoms with Gasteiger partial charge in [-0.05, 0) is 27.4 Å². The molecule has 1 aromatic heterocycles. The van der Waals surface area contributed by atoms with E-state index < -0.39 is 0 Å². The predicted octanol–water partition coefficient (Wildman–Crippen LogP) is 2.85. The summed E-state index contributed by atoms with van der Waals surface area (Å²) in [7, 11) is 1.68. The fourth-order valence-electron chi connectivity index (χ4n) is 1.05. The van der Waals surface area contributed by atoms with Crippen molar-refractivity contribution < 1.29 is 4.74 Å². The quantitative estimate of drug-likeness (QED) is 0.816. The van der Waals surface area contributed by atoms with Crippen molar-refractivity contribution in [2.24, 2.45) is 0 Å². The molecule has 0 saturated heterocycles. The fraction of sp³-hybridized carbons (Fsp3) is 0.556. The Balaban J connectivity index is 2.35. The zero-order valence-electron chi connectivity index (χ0n) is 7.93. The number of hydrogen-bond donors (Lipinski definition) is 1. The van der Waals surface area contributed by atoms with E-state index in [0.717, 1.165) is 11.0 Å². The average molecular weight is 299 g/mol. The summed E-state index contributed by atoms with van der Waals surface area (Å²) in [6.07, 6.45) is 0. The Labute approximate surface area is 102 Å². The third kappa shape index (κ3) is 3.87.